The van der Waals surface area contributed by atoms with E-state index in [0.29, 0.717) is 10.2 Å². The van der Waals surface area contributed by atoms with E-state index in [9.17, 15) is 18.0 Å². The Balaban J connectivity index is 2.02. The molecule has 1 N–H and O–H groups in total. The summed E-state index contributed by atoms with van der Waals surface area (Å²) in [5, 5.41) is 2.57. The molecule has 26 heavy (non-hydrogen) atoms. The molecule has 0 heterocycles. The fourth-order valence-electron chi connectivity index (χ4n) is 1.96. The van der Waals surface area contributed by atoms with Crippen molar-refractivity contribution in [3.8, 4) is 0 Å². The van der Waals surface area contributed by atoms with Gasteiger partial charge in [0.1, 0.15) is 0 Å². The van der Waals surface area contributed by atoms with Crippen LogP contribution < -0.4 is 5.32 Å². The number of ether oxygens (including phenoxy) is 1. The van der Waals surface area contributed by atoms with Crippen molar-refractivity contribution in [3.63, 3.8) is 0 Å². The number of benzene rings is 2. The average molecular weight is 378 g/mol. The molecule has 0 aromatic heterocycles. The number of rotatable bonds is 7. The molecule has 2 rings (SSSR count). The van der Waals surface area contributed by atoms with Crippen molar-refractivity contribution in [1.29, 1.82) is 0 Å². The maximum Gasteiger partial charge on any atom is 0.338 e. The molecule has 0 saturated carbocycles. The second-order valence-corrected chi connectivity index (χ2v) is 7.05. The van der Waals surface area contributed by atoms with E-state index >= 15 is 0 Å². The first kappa shape index (κ1) is 19.6. The molecule has 0 aliphatic heterocycles. The number of para-hydroxylation sites is 1. The number of hydroxylamine groups is 1. The van der Waals surface area contributed by atoms with Crippen LogP contribution in [0, 0.1) is 0 Å². The molecule has 2 aromatic rings. The number of carbonyl (C=O) groups excluding carboxylic acids is 2. The number of amides is 1. The number of hydrogen-bond donors (Lipinski definition) is 1. The van der Waals surface area contributed by atoms with Crippen molar-refractivity contribution in [2.24, 2.45) is 0 Å². The zero-order valence-electron chi connectivity index (χ0n) is 14.2. The van der Waals surface area contributed by atoms with Crippen LogP contribution in [0.3, 0.4) is 0 Å². The number of esters is 1. The van der Waals surface area contributed by atoms with Crippen molar-refractivity contribution in [1.82, 2.24) is 4.47 Å². The van der Waals surface area contributed by atoms with Gasteiger partial charge in [-0.15, -0.1) is 0 Å². The summed E-state index contributed by atoms with van der Waals surface area (Å²) in [5.41, 5.74) is 0.576. The summed E-state index contributed by atoms with van der Waals surface area (Å²) in [4.78, 5) is 28.4. The maximum absolute atomic E-state index is 12.2. The van der Waals surface area contributed by atoms with Crippen LogP contribution in [0.2, 0.25) is 0 Å². The third-order valence-corrected chi connectivity index (χ3v) is 5.03. The van der Waals surface area contributed by atoms with E-state index in [1.54, 1.807) is 30.3 Å². The van der Waals surface area contributed by atoms with Gasteiger partial charge >= 0.3 is 5.97 Å². The van der Waals surface area contributed by atoms with Crippen LogP contribution in [-0.2, 0) is 24.4 Å². The van der Waals surface area contributed by atoms with Gasteiger partial charge in [-0.05, 0) is 30.3 Å². The molecule has 0 aliphatic rings. The molecule has 0 saturated heterocycles. The minimum Gasteiger partial charge on any atom is -0.452 e. The first-order valence-electron chi connectivity index (χ1n) is 7.49. The predicted molar refractivity (Wildman–Crippen MR) is 93.8 cm³/mol. The summed E-state index contributed by atoms with van der Waals surface area (Å²) in [7, 11) is -1.45. The molecule has 0 unspecified atom stereocenters. The zero-order chi connectivity index (χ0) is 19.2. The first-order valence-corrected chi connectivity index (χ1v) is 8.93. The third-order valence-electron chi connectivity index (χ3n) is 3.36. The summed E-state index contributed by atoms with van der Waals surface area (Å²) in [6, 6.07) is 14.0. The molecule has 0 radical (unpaired) electrons. The topological polar surface area (TPSA) is 102 Å². The Kier molecular flexibility index (Phi) is 6.45. The van der Waals surface area contributed by atoms with Gasteiger partial charge in [-0.2, -0.15) is 0 Å². The van der Waals surface area contributed by atoms with E-state index in [0.717, 1.165) is 6.07 Å². The highest BCUT2D eigenvalue weighted by molar-refractivity contribution is 7.89. The lowest BCUT2D eigenvalue weighted by atomic mass is 10.2. The van der Waals surface area contributed by atoms with Crippen molar-refractivity contribution in [3.05, 3.63) is 60.2 Å². The van der Waals surface area contributed by atoms with Crippen molar-refractivity contribution in [2.45, 2.75) is 4.90 Å². The van der Waals surface area contributed by atoms with E-state index in [1.165, 1.54) is 32.4 Å². The van der Waals surface area contributed by atoms with Crippen molar-refractivity contribution in [2.75, 3.05) is 26.1 Å². The number of sulfonamides is 1. The Morgan fingerprint density at radius 3 is 2.42 bits per heavy atom. The first-order chi connectivity index (χ1) is 12.3. The number of hydrogen-bond acceptors (Lipinski definition) is 6. The van der Waals surface area contributed by atoms with Gasteiger partial charge < -0.3 is 10.1 Å². The molecule has 0 bridgehead atoms. The molecular weight excluding hydrogens is 360 g/mol. The molecule has 8 nitrogen and oxygen atoms in total. The monoisotopic (exact) mass is 378 g/mol. The van der Waals surface area contributed by atoms with Gasteiger partial charge in [0.25, 0.3) is 15.9 Å². The Bertz CT molecular complexity index is 883. The van der Waals surface area contributed by atoms with Crippen LogP contribution in [0.15, 0.2) is 59.5 Å². The minimum absolute atomic E-state index is 0.00286. The molecular formula is C17H18N2O6S. The zero-order valence-corrected chi connectivity index (χ0v) is 15.0. The smallest absolute Gasteiger partial charge is 0.338 e. The largest absolute Gasteiger partial charge is 0.452 e. The number of nitrogens with one attached hydrogen (secondary N) is 1. The highest BCUT2D eigenvalue weighted by atomic mass is 32.2. The van der Waals surface area contributed by atoms with E-state index in [-0.39, 0.29) is 10.5 Å². The van der Waals surface area contributed by atoms with Crippen LogP contribution in [0.5, 0.6) is 0 Å². The summed E-state index contributed by atoms with van der Waals surface area (Å²) in [5.74, 6) is -1.32. The Morgan fingerprint density at radius 1 is 1.08 bits per heavy atom. The third kappa shape index (κ3) is 4.88. The molecule has 1 amide bonds. The lowest BCUT2D eigenvalue weighted by Crippen LogP contribution is -2.26. The minimum atomic E-state index is -3.89. The SMILES string of the molecule is CON(C)S(=O)(=O)c1cccc(C(=O)OCC(=O)Nc2ccccc2)c1. The van der Waals surface area contributed by atoms with Crippen LogP contribution >= 0.6 is 0 Å². The van der Waals surface area contributed by atoms with E-state index in [2.05, 4.69) is 10.2 Å². The quantitative estimate of drug-likeness (QED) is 0.581. The number of nitrogens with zero attached hydrogens (tertiary/aromatic N) is 1. The van der Waals surface area contributed by atoms with Gasteiger partial charge in [0.05, 0.1) is 17.6 Å². The second-order valence-electron chi connectivity index (χ2n) is 5.12. The lowest BCUT2D eigenvalue weighted by molar-refractivity contribution is -0.119. The van der Waals surface area contributed by atoms with E-state index in [4.69, 9.17) is 4.74 Å². The standard InChI is InChI=1S/C17H18N2O6S/c1-19(24-2)26(22,23)15-10-6-7-13(11-15)17(21)25-12-16(20)18-14-8-4-3-5-9-14/h3-11H,12H2,1-2H3,(H,18,20). The Labute approximate surface area is 151 Å². The summed E-state index contributed by atoms with van der Waals surface area (Å²) in [6.45, 7) is -0.497. The molecule has 138 valence electrons. The predicted octanol–water partition coefficient (Wildman–Crippen LogP) is 1.66. The highest BCUT2D eigenvalue weighted by Gasteiger charge is 2.22. The van der Waals surface area contributed by atoms with Crippen LogP contribution in [-0.4, -0.2) is 45.5 Å². The average Bonchev–Trinajstić information content (AvgIpc) is 2.66. The van der Waals surface area contributed by atoms with Gasteiger partial charge in [-0.1, -0.05) is 28.7 Å². The van der Waals surface area contributed by atoms with Crippen molar-refractivity contribution < 1.29 is 27.6 Å². The van der Waals surface area contributed by atoms with Gasteiger partial charge in [0.15, 0.2) is 6.61 Å². The lowest BCUT2D eigenvalue weighted by Gasteiger charge is -2.14. The fourth-order valence-corrected chi connectivity index (χ4v) is 2.98. The second kappa shape index (κ2) is 8.56. The molecule has 2 aromatic carbocycles. The summed E-state index contributed by atoms with van der Waals surface area (Å²) in [6.07, 6.45) is 0. The highest BCUT2D eigenvalue weighted by Crippen LogP contribution is 2.16. The molecule has 9 heteroatoms. The van der Waals surface area contributed by atoms with E-state index in [1.807, 2.05) is 0 Å². The molecule has 0 atom stereocenters. The van der Waals surface area contributed by atoms with Gasteiger partial charge in [0.2, 0.25) is 0 Å². The molecule has 0 aliphatic carbocycles. The Hall–Kier alpha value is -2.75. The normalized spacial score (nSPS) is 11.2. The summed E-state index contributed by atoms with van der Waals surface area (Å²) >= 11 is 0. The van der Waals surface area contributed by atoms with Gasteiger partial charge in [-0.3, -0.25) is 9.63 Å². The fraction of sp³-hybridized carbons (Fsp3) is 0.176. The van der Waals surface area contributed by atoms with Crippen LogP contribution in [0.25, 0.3) is 0 Å². The van der Waals surface area contributed by atoms with Crippen LogP contribution in [0.4, 0.5) is 5.69 Å². The van der Waals surface area contributed by atoms with Gasteiger partial charge in [0, 0.05) is 12.7 Å². The number of carbonyl (C=O) groups is 2. The maximum atomic E-state index is 12.2. The van der Waals surface area contributed by atoms with Crippen molar-refractivity contribution >= 4 is 27.6 Å². The summed E-state index contributed by atoms with van der Waals surface area (Å²) < 4.78 is 30.0. The van der Waals surface area contributed by atoms with Gasteiger partial charge in [-0.25, -0.2) is 13.2 Å². The Morgan fingerprint density at radius 2 is 1.77 bits per heavy atom. The number of anilines is 1. The van der Waals surface area contributed by atoms with Crippen LogP contribution in [0.1, 0.15) is 10.4 Å². The molecule has 0 fully saturated rings. The molecule has 0 spiro atoms. The van der Waals surface area contributed by atoms with E-state index < -0.39 is 28.5 Å².